The molecule has 166 valence electrons. The Morgan fingerprint density at radius 3 is 1.21 bits per heavy atom. The molecule has 4 radical (unpaired) electrons. The van der Waals surface area contributed by atoms with Crippen LogP contribution in [0.4, 0.5) is 0 Å². The van der Waals surface area contributed by atoms with Gasteiger partial charge in [0.25, 0.3) is 0 Å². The van der Waals surface area contributed by atoms with Crippen molar-refractivity contribution in [3.63, 3.8) is 0 Å². The number of hydrogen-bond donors (Lipinski definition) is 0. The zero-order valence-electron chi connectivity index (χ0n) is 19.3. The molecule has 0 atom stereocenters. The molecule has 0 aliphatic heterocycles. The Kier molecular flexibility index (Phi) is 34.7. The van der Waals surface area contributed by atoms with Gasteiger partial charge >= 0.3 is 0 Å². The smallest absolute Gasteiger partial charge is 0.0541 e. The van der Waals surface area contributed by atoms with E-state index in [2.05, 4.69) is 27.7 Å². The molecule has 0 heterocycles. The number of hydrogen-bond acceptors (Lipinski definition) is 0. The van der Waals surface area contributed by atoms with Gasteiger partial charge in [0.15, 0.2) is 0 Å². The summed E-state index contributed by atoms with van der Waals surface area (Å²) in [6.07, 6.45) is 12.1. The van der Waals surface area contributed by atoms with Gasteiger partial charge in [-0.2, -0.15) is 12.8 Å². The minimum atomic E-state index is 0. The Morgan fingerprint density at radius 1 is 0.786 bits per heavy atom. The van der Waals surface area contributed by atoms with Crippen LogP contribution in [0.1, 0.15) is 115 Å². The molecule has 0 saturated heterocycles. The van der Waals surface area contributed by atoms with Crippen molar-refractivity contribution in [3.8, 4) is 0 Å². The monoisotopic (exact) mass is 466 g/mol. The van der Waals surface area contributed by atoms with Gasteiger partial charge in [-0.1, -0.05) is 81.5 Å². The summed E-state index contributed by atoms with van der Waals surface area (Å²) in [6, 6.07) is 0. The average molecular weight is 466 g/mol. The standard InChI is InChI=1S/C14H22.C3H8.C2H5B2.2C2H6.2CH4.Y/c1-3-14(4-2)12-6-10-5-11(8-12)9-13(14)7-10;1-3-2;1-2-4-3;2*1-2;;;/h10-13H,1-9H2;3H2,1-2H3;2H2,1H3;2*1-2H3;2*1H4;/q-2;;;;;;;. The van der Waals surface area contributed by atoms with Crippen LogP contribution in [0.25, 0.3) is 0 Å². The normalized spacial score (nSPS) is 26.2. The maximum atomic E-state index is 4.90. The molecule has 4 rings (SSSR count). The van der Waals surface area contributed by atoms with E-state index in [1.807, 2.05) is 34.6 Å². The van der Waals surface area contributed by atoms with E-state index in [9.17, 15) is 0 Å². The molecule has 0 aromatic carbocycles. The van der Waals surface area contributed by atoms with Crippen LogP contribution in [0.2, 0.25) is 6.32 Å². The molecule has 3 heteroatoms. The third-order valence-corrected chi connectivity index (χ3v) is 5.93. The van der Waals surface area contributed by atoms with Crippen LogP contribution >= 0.6 is 0 Å². The quantitative estimate of drug-likeness (QED) is 0.288. The van der Waals surface area contributed by atoms with E-state index in [4.69, 9.17) is 7.74 Å². The van der Waals surface area contributed by atoms with Gasteiger partial charge in [0.2, 0.25) is 0 Å². The van der Waals surface area contributed by atoms with Crippen LogP contribution in [0, 0.1) is 42.9 Å². The van der Waals surface area contributed by atoms with E-state index in [0.29, 0.717) is 5.41 Å². The molecule has 0 amide bonds. The van der Waals surface area contributed by atoms with Crippen molar-refractivity contribution in [1.29, 1.82) is 0 Å². The fourth-order valence-electron chi connectivity index (χ4n) is 5.06. The van der Waals surface area contributed by atoms with Gasteiger partial charge in [0, 0.05) is 40.4 Å². The van der Waals surface area contributed by atoms with Crippen LogP contribution in [0.5, 0.6) is 0 Å². The average Bonchev–Trinajstić information content (AvgIpc) is 2.66. The summed E-state index contributed by atoms with van der Waals surface area (Å²) in [7, 11) is 6.53. The topological polar surface area (TPSA) is 0 Å². The van der Waals surface area contributed by atoms with Gasteiger partial charge in [-0.15, -0.1) is 0 Å². The largest absolute Gasteiger partial charge is 0.343 e. The van der Waals surface area contributed by atoms with E-state index < -0.39 is 0 Å². The SMILES string of the molecule is C.C.CC.CC.CCC.[B][B]CC.[CH2-]CC1(C[CH2-])C2CC3CC(C2)CC1C3.[Y]. The third kappa shape index (κ3) is 11.6. The fourth-order valence-corrected chi connectivity index (χ4v) is 5.06. The second-order valence-electron chi connectivity index (χ2n) is 7.39. The summed E-state index contributed by atoms with van der Waals surface area (Å²) in [4.78, 5) is 0. The zero-order chi connectivity index (χ0) is 19.9. The Balaban J connectivity index is -0.000000109. The molecule has 4 aliphatic carbocycles. The van der Waals surface area contributed by atoms with Crippen molar-refractivity contribution in [1.82, 2.24) is 0 Å². The second kappa shape index (κ2) is 24.5. The summed E-state index contributed by atoms with van der Waals surface area (Å²) in [5.74, 6) is 4.16. The molecule has 0 aromatic heterocycles. The summed E-state index contributed by atoms with van der Waals surface area (Å²) >= 11 is 0. The first-order valence-electron chi connectivity index (χ1n) is 11.2. The second-order valence-corrected chi connectivity index (χ2v) is 7.39. The molecule has 4 aliphatic rings. The van der Waals surface area contributed by atoms with Gasteiger partial charge in [-0.25, -0.2) is 0 Å². The van der Waals surface area contributed by atoms with E-state index in [0.717, 1.165) is 42.8 Å². The summed E-state index contributed by atoms with van der Waals surface area (Å²) < 4.78 is 0. The Labute approximate surface area is 210 Å². The molecule has 28 heavy (non-hydrogen) atoms. The summed E-state index contributed by atoms with van der Waals surface area (Å²) in [5.41, 5.74) is 0.563. The van der Waals surface area contributed by atoms with E-state index >= 15 is 0 Å². The van der Waals surface area contributed by atoms with E-state index in [-0.39, 0.29) is 47.6 Å². The molecule has 0 nitrogen and oxygen atoms in total. The molecule has 4 bridgehead atoms. The predicted molar refractivity (Wildman–Crippen MR) is 134 cm³/mol. The molecular weight excluding hydrogens is 411 g/mol. The summed E-state index contributed by atoms with van der Waals surface area (Å²) in [6.45, 7) is 22.7. The van der Waals surface area contributed by atoms with Crippen molar-refractivity contribution in [3.05, 3.63) is 13.8 Å². The third-order valence-electron chi connectivity index (χ3n) is 5.93. The summed E-state index contributed by atoms with van der Waals surface area (Å²) in [5, 5.41) is 0. The maximum Gasteiger partial charge on any atom is 0.0541 e. The van der Waals surface area contributed by atoms with Gasteiger partial charge in [0.1, 0.15) is 0 Å². The van der Waals surface area contributed by atoms with Gasteiger partial charge in [-0.05, 0) is 55.8 Å². The first kappa shape index (κ1) is 39.7. The van der Waals surface area contributed by atoms with Crippen LogP contribution in [-0.2, 0) is 32.7 Å². The number of rotatable bonds is 3. The van der Waals surface area contributed by atoms with Gasteiger partial charge in [0.05, 0.1) is 7.17 Å². The minimum absolute atomic E-state index is 0. The maximum absolute atomic E-state index is 4.90. The zero-order valence-corrected chi connectivity index (χ0v) is 22.2. The van der Waals surface area contributed by atoms with Crippen LogP contribution in [0.3, 0.4) is 0 Å². The minimum Gasteiger partial charge on any atom is -0.343 e. The molecule has 0 unspecified atom stereocenters. The van der Waals surface area contributed by atoms with E-state index in [1.54, 1.807) is 13.6 Å². The van der Waals surface area contributed by atoms with Gasteiger partial charge < -0.3 is 13.8 Å². The Bertz CT molecular complexity index is 246. The molecule has 4 fully saturated rings. The van der Waals surface area contributed by atoms with Gasteiger partial charge in [-0.3, -0.25) is 0 Å². The van der Waals surface area contributed by atoms with Crippen molar-refractivity contribution >= 4 is 14.9 Å². The molecule has 0 aromatic rings. The first-order chi connectivity index (χ1) is 12.1. The fraction of sp³-hybridized carbons (Fsp3) is 0.920. The van der Waals surface area contributed by atoms with E-state index in [1.165, 1.54) is 32.1 Å². The molecular formula is C25H55B2Y-2. The van der Waals surface area contributed by atoms with Crippen LogP contribution in [0.15, 0.2) is 0 Å². The van der Waals surface area contributed by atoms with Crippen molar-refractivity contribution in [2.24, 2.45) is 29.1 Å². The Hall–Kier alpha value is 1.23. The predicted octanol–water partition coefficient (Wildman–Crippen LogP) is 8.83. The molecule has 0 N–H and O–H groups in total. The Morgan fingerprint density at radius 2 is 1.04 bits per heavy atom. The van der Waals surface area contributed by atoms with Crippen LogP contribution < -0.4 is 0 Å². The van der Waals surface area contributed by atoms with Crippen LogP contribution in [-0.4, -0.2) is 14.9 Å². The molecule has 4 saturated carbocycles. The van der Waals surface area contributed by atoms with Crippen molar-refractivity contribution < 1.29 is 32.7 Å². The van der Waals surface area contributed by atoms with Crippen molar-refractivity contribution in [2.75, 3.05) is 0 Å². The first-order valence-corrected chi connectivity index (χ1v) is 11.2. The van der Waals surface area contributed by atoms with Crippen molar-refractivity contribution in [2.45, 2.75) is 121 Å². The molecule has 0 spiro atoms.